The Bertz CT molecular complexity index is 805. The number of aromatic nitrogens is 1. The molecule has 3 rings (SSSR count). The molecule has 1 amide bonds. The van der Waals surface area contributed by atoms with Crippen LogP contribution in [0.5, 0.6) is 0 Å². The number of nitrogens with zero attached hydrogens (tertiary/aromatic N) is 1. The fourth-order valence-electron chi connectivity index (χ4n) is 2.79. The molecule has 1 aliphatic rings. The number of benzene rings is 1. The van der Waals surface area contributed by atoms with E-state index in [0.717, 1.165) is 23.3 Å². The molecule has 0 aliphatic heterocycles. The molecule has 2 aromatic rings. The van der Waals surface area contributed by atoms with E-state index < -0.39 is 5.97 Å². The zero-order valence-corrected chi connectivity index (χ0v) is 14.8. The number of aryl methyl sites for hydroxylation is 1. The number of carboxylic acids is 1. The van der Waals surface area contributed by atoms with Gasteiger partial charge in [-0.05, 0) is 37.8 Å². The normalized spacial score (nSPS) is 20.5. The van der Waals surface area contributed by atoms with Crippen LogP contribution in [0, 0.1) is 12.8 Å². The van der Waals surface area contributed by atoms with Crippen molar-refractivity contribution in [2.24, 2.45) is 5.92 Å². The smallest absolute Gasteiger partial charge is 0.347 e. The molecule has 0 bridgehead atoms. The van der Waals surface area contributed by atoms with Crippen molar-refractivity contribution < 1.29 is 14.7 Å². The number of hydrogen-bond acceptors (Lipinski definition) is 4. The second kappa shape index (κ2) is 6.53. The maximum atomic E-state index is 12.4. The fourth-order valence-corrected chi connectivity index (χ4v) is 3.97. The SMILES string of the molecule is Cc1nc(C(C)NC(=O)C2CC2c2ccccc2Cl)sc1C(=O)O. The second-order valence-electron chi connectivity index (χ2n) is 5.97. The molecule has 1 saturated carbocycles. The molecule has 5 nitrogen and oxygen atoms in total. The molecular formula is C17H17ClN2O3S. The molecule has 0 saturated heterocycles. The summed E-state index contributed by atoms with van der Waals surface area (Å²) in [5.41, 5.74) is 1.48. The zero-order chi connectivity index (χ0) is 17.4. The molecule has 1 aromatic carbocycles. The van der Waals surface area contributed by atoms with Gasteiger partial charge >= 0.3 is 5.97 Å². The van der Waals surface area contributed by atoms with Gasteiger partial charge in [0.1, 0.15) is 9.88 Å². The van der Waals surface area contributed by atoms with Gasteiger partial charge in [0.15, 0.2) is 0 Å². The first-order valence-corrected chi connectivity index (χ1v) is 8.83. The average molecular weight is 365 g/mol. The van der Waals surface area contributed by atoms with E-state index in [1.807, 2.05) is 31.2 Å². The van der Waals surface area contributed by atoms with Crippen LogP contribution in [0.3, 0.4) is 0 Å². The molecule has 3 atom stereocenters. The topological polar surface area (TPSA) is 79.3 Å². The van der Waals surface area contributed by atoms with E-state index in [1.165, 1.54) is 0 Å². The van der Waals surface area contributed by atoms with Gasteiger partial charge in [-0.2, -0.15) is 0 Å². The van der Waals surface area contributed by atoms with Crippen molar-refractivity contribution in [3.63, 3.8) is 0 Å². The highest BCUT2D eigenvalue weighted by molar-refractivity contribution is 7.13. The third kappa shape index (κ3) is 3.30. The highest BCUT2D eigenvalue weighted by atomic mass is 35.5. The summed E-state index contributed by atoms with van der Waals surface area (Å²) in [4.78, 5) is 28.0. The van der Waals surface area contributed by atoms with Crippen molar-refractivity contribution in [3.8, 4) is 0 Å². The van der Waals surface area contributed by atoms with Crippen molar-refractivity contribution in [2.75, 3.05) is 0 Å². The Kier molecular flexibility index (Phi) is 4.60. The molecular weight excluding hydrogens is 348 g/mol. The number of amides is 1. The number of halogens is 1. The molecule has 1 heterocycles. The minimum absolute atomic E-state index is 0.0443. The van der Waals surface area contributed by atoms with E-state index in [9.17, 15) is 9.59 Å². The van der Waals surface area contributed by atoms with Crippen LogP contribution in [0.2, 0.25) is 5.02 Å². The van der Waals surface area contributed by atoms with Crippen molar-refractivity contribution in [2.45, 2.75) is 32.2 Å². The van der Waals surface area contributed by atoms with Gasteiger partial charge in [0.05, 0.1) is 11.7 Å². The first kappa shape index (κ1) is 16.9. The maximum absolute atomic E-state index is 12.4. The summed E-state index contributed by atoms with van der Waals surface area (Å²) in [6.07, 6.45) is 0.777. The van der Waals surface area contributed by atoms with Crippen molar-refractivity contribution in [3.05, 3.63) is 50.4 Å². The Morgan fingerprint density at radius 1 is 1.42 bits per heavy atom. The van der Waals surface area contributed by atoms with Crippen LogP contribution in [0.25, 0.3) is 0 Å². The lowest BCUT2D eigenvalue weighted by Crippen LogP contribution is -2.28. The van der Waals surface area contributed by atoms with Crippen LogP contribution >= 0.6 is 22.9 Å². The Hall–Kier alpha value is -1.92. The van der Waals surface area contributed by atoms with Gasteiger partial charge in [0.25, 0.3) is 0 Å². The summed E-state index contributed by atoms with van der Waals surface area (Å²) in [6.45, 7) is 3.47. The molecule has 0 spiro atoms. The Labute approximate surface area is 148 Å². The van der Waals surface area contributed by atoms with E-state index in [0.29, 0.717) is 15.7 Å². The molecule has 126 valence electrons. The largest absolute Gasteiger partial charge is 0.477 e. The maximum Gasteiger partial charge on any atom is 0.347 e. The lowest BCUT2D eigenvalue weighted by atomic mass is 10.1. The van der Waals surface area contributed by atoms with Crippen molar-refractivity contribution >= 4 is 34.8 Å². The van der Waals surface area contributed by atoms with Crippen LogP contribution in [0.1, 0.15) is 51.2 Å². The van der Waals surface area contributed by atoms with Gasteiger partial charge in [-0.15, -0.1) is 11.3 Å². The first-order chi connectivity index (χ1) is 11.4. The van der Waals surface area contributed by atoms with Gasteiger partial charge in [0.2, 0.25) is 5.91 Å². The average Bonchev–Trinajstić information content (AvgIpc) is 3.22. The zero-order valence-electron chi connectivity index (χ0n) is 13.2. The van der Waals surface area contributed by atoms with Crippen molar-refractivity contribution in [1.29, 1.82) is 0 Å². The van der Waals surface area contributed by atoms with Crippen LogP contribution in [0.4, 0.5) is 0 Å². The number of aromatic carboxylic acids is 1. The number of hydrogen-bond donors (Lipinski definition) is 2. The molecule has 1 fully saturated rings. The van der Waals surface area contributed by atoms with Gasteiger partial charge in [-0.3, -0.25) is 4.79 Å². The van der Waals surface area contributed by atoms with E-state index in [1.54, 1.807) is 6.92 Å². The highest BCUT2D eigenvalue weighted by Gasteiger charge is 2.45. The minimum Gasteiger partial charge on any atom is -0.477 e. The quantitative estimate of drug-likeness (QED) is 0.846. The van der Waals surface area contributed by atoms with Gasteiger partial charge in [-0.1, -0.05) is 29.8 Å². The van der Waals surface area contributed by atoms with Crippen LogP contribution < -0.4 is 5.32 Å². The van der Waals surface area contributed by atoms with E-state index in [-0.39, 0.29) is 28.7 Å². The monoisotopic (exact) mass is 364 g/mol. The molecule has 2 N–H and O–H groups in total. The number of carboxylic acid groups (broad SMARTS) is 1. The summed E-state index contributed by atoms with van der Waals surface area (Å²) < 4.78 is 0. The van der Waals surface area contributed by atoms with Gasteiger partial charge in [-0.25, -0.2) is 9.78 Å². The van der Waals surface area contributed by atoms with E-state index >= 15 is 0 Å². The standard InChI is InChI=1S/C17H17ClN2O3S/c1-8-14(17(22)23)24-16(20-8)9(2)19-15(21)12-7-11(12)10-5-3-4-6-13(10)18/h3-6,9,11-12H,7H2,1-2H3,(H,19,21)(H,22,23). The van der Waals surface area contributed by atoms with Crippen LogP contribution in [0.15, 0.2) is 24.3 Å². The number of carbonyl (C=O) groups excluding carboxylic acids is 1. The lowest BCUT2D eigenvalue weighted by Gasteiger charge is -2.11. The van der Waals surface area contributed by atoms with Crippen LogP contribution in [-0.2, 0) is 4.79 Å². The Morgan fingerprint density at radius 3 is 2.75 bits per heavy atom. The summed E-state index contributed by atoms with van der Waals surface area (Å²) in [5, 5.41) is 13.3. The van der Waals surface area contributed by atoms with Gasteiger partial charge < -0.3 is 10.4 Å². The third-order valence-electron chi connectivity index (χ3n) is 4.17. The fraction of sp³-hybridized carbons (Fsp3) is 0.353. The predicted octanol–water partition coefficient (Wildman–Crippen LogP) is 3.78. The van der Waals surface area contributed by atoms with Crippen molar-refractivity contribution in [1.82, 2.24) is 10.3 Å². The Balaban J connectivity index is 1.65. The molecule has 7 heteroatoms. The molecule has 24 heavy (non-hydrogen) atoms. The van der Waals surface area contributed by atoms with E-state index in [4.69, 9.17) is 16.7 Å². The summed E-state index contributed by atoms with van der Waals surface area (Å²) >= 11 is 7.29. The summed E-state index contributed by atoms with van der Waals surface area (Å²) in [6, 6.07) is 7.26. The third-order valence-corrected chi connectivity index (χ3v) is 5.84. The number of thiazole rings is 1. The molecule has 0 radical (unpaired) electrons. The molecule has 1 aromatic heterocycles. The number of nitrogens with one attached hydrogen (secondary N) is 1. The summed E-state index contributed by atoms with van der Waals surface area (Å²) in [5.74, 6) is -0.973. The van der Waals surface area contributed by atoms with Crippen LogP contribution in [-0.4, -0.2) is 22.0 Å². The second-order valence-corrected chi connectivity index (χ2v) is 7.41. The molecule has 1 aliphatic carbocycles. The highest BCUT2D eigenvalue weighted by Crippen LogP contribution is 2.49. The Morgan fingerprint density at radius 2 is 2.12 bits per heavy atom. The van der Waals surface area contributed by atoms with E-state index in [2.05, 4.69) is 10.3 Å². The van der Waals surface area contributed by atoms with Gasteiger partial charge in [0, 0.05) is 10.9 Å². The summed E-state index contributed by atoms with van der Waals surface area (Å²) in [7, 11) is 0. The first-order valence-electron chi connectivity index (χ1n) is 7.64. The minimum atomic E-state index is -0.990. The number of carbonyl (C=O) groups is 2. The predicted molar refractivity (Wildman–Crippen MR) is 92.7 cm³/mol. The lowest BCUT2D eigenvalue weighted by molar-refractivity contribution is -0.123. The molecule has 3 unspecified atom stereocenters. The number of rotatable bonds is 5.